The third-order valence-corrected chi connectivity index (χ3v) is 4.49. The minimum absolute atomic E-state index is 0.184. The molecule has 0 spiro atoms. The molecule has 3 aromatic heterocycles. The number of halogens is 1. The van der Waals surface area contributed by atoms with Gasteiger partial charge in [-0.25, -0.2) is 4.52 Å². The van der Waals surface area contributed by atoms with E-state index in [0.29, 0.717) is 34.9 Å². The maximum atomic E-state index is 12.6. The number of methoxy groups -OCH3 is 1. The molecule has 0 fully saturated rings. The van der Waals surface area contributed by atoms with Gasteiger partial charge in [0.2, 0.25) is 0 Å². The first kappa shape index (κ1) is 16.7. The molecule has 0 unspecified atom stereocenters. The molecule has 8 heteroatoms. The van der Waals surface area contributed by atoms with Crippen LogP contribution in [0.2, 0.25) is 5.02 Å². The average Bonchev–Trinajstić information content (AvgIpc) is 3.09. The van der Waals surface area contributed by atoms with Gasteiger partial charge in [0, 0.05) is 37.0 Å². The van der Waals surface area contributed by atoms with Gasteiger partial charge in [0.1, 0.15) is 5.52 Å². The molecule has 26 heavy (non-hydrogen) atoms. The van der Waals surface area contributed by atoms with E-state index in [2.05, 4.69) is 15.3 Å². The first-order valence-corrected chi connectivity index (χ1v) is 8.55. The van der Waals surface area contributed by atoms with E-state index in [1.165, 1.54) is 0 Å². The summed E-state index contributed by atoms with van der Waals surface area (Å²) in [6, 6.07) is 9.27. The molecule has 0 saturated carbocycles. The van der Waals surface area contributed by atoms with Gasteiger partial charge in [-0.3, -0.25) is 4.79 Å². The third kappa shape index (κ3) is 2.85. The number of benzene rings is 1. The number of pyridine rings is 1. The zero-order chi connectivity index (χ0) is 18.1. The number of hydrogen-bond acceptors (Lipinski definition) is 5. The number of rotatable bonds is 5. The van der Waals surface area contributed by atoms with Crippen molar-refractivity contribution in [1.29, 1.82) is 0 Å². The second-order valence-corrected chi connectivity index (χ2v) is 6.33. The van der Waals surface area contributed by atoms with Crippen LogP contribution < -0.4 is 5.56 Å². The summed E-state index contributed by atoms with van der Waals surface area (Å²) in [5.41, 5.74) is 3.10. The quantitative estimate of drug-likeness (QED) is 0.506. The molecule has 0 atom stereocenters. The first-order chi connectivity index (χ1) is 12.7. The lowest BCUT2D eigenvalue weighted by Crippen LogP contribution is -2.22. The Hall–Kier alpha value is -2.77. The van der Waals surface area contributed by atoms with Gasteiger partial charge in [-0.05, 0) is 30.2 Å². The minimum atomic E-state index is -0.184. The molecule has 0 radical (unpaired) electrons. The maximum absolute atomic E-state index is 12.6. The summed E-state index contributed by atoms with van der Waals surface area (Å²) < 4.78 is 8.30. The van der Waals surface area contributed by atoms with Gasteiger partial charge in [-0.15, -0.1) is 10.2 Å². The fraction of sp³-hybridized carbons (Fsp3) is 0.222. The summed E-state index contributed by atoms with van der Waals surface area (Å²) in [6.45, 7) is 1.16. The van der Waals surface area contributed by atoms with Gasteiger partial charge < -0.3 is 9.30 Å². The summed E-state index contributed by atoms with van der Waals surface area (Å²) in [5, 5.41) is 13.5. The molecule has 0 amide bonds. The van der Waals surface area contributed by atoms with Crippen molar-refractivity contribution in [2.45, 2.75) is 13.0 Å². The Balaban J connectivity index is 1.82. The van der Waals surface area contributed by atoms with Crippen LogP contribution in [0.1, 0.15) is 6.42 Å². The highest BCUT2D eigenvalue weighted by Gasteiger charge is 2.14. The Morgan fingerprint density at radius 2 is 1.96 bits per heavy atom. The zero-order valence-corrected chi connectivity index (χ0v) is 14.8. The van der Waals surface area contributed by atoms with Crippen LogP contribution in [0.25, 0.3) is 27.8 Å². The number of fused-ring (bicyclic) bond motifs is 3. The SMILES string of the molecule is COCCCn1ccc2c(nnc3c(-c4ccc(Cl)cc4)cnn32)c1=O. The van der Waals surface area contributed by atoms with Crippen LogP contribution in [-0.4, -0.2) is 38.1 Å². The normalized spacial score (nSPS) is 11.5. The van der Waals surface area contributed by atoms with Crippen LogP contribution in [0.15, 0.2) is 47.5 Å². The average molecular weight is 370 g/mol. The van der Waals surface area contributed by atoms with E-state index in [1.54, 1.807) is 28.6 Å². The van der Waals surface area contributed by atoms with E-state index in [9.17, 15) is 4.79 Å². The summed E-state index contributed by atoms with van der Waals surface area (Å²) >= 11 is 5.95. The van der Waals surface area contributed by atoms with Gasteiger partial charge in [0.15, 0.2) is 11.2 Å². The summed E-state index contributed by atoms with van der Waals surface area (Å²) in [5.74, 6) is 0. The van der Waals surface area contributed by atoms with Gasteiger partial charge in [-0.1, -0.05) is 23.7 Å². The molecular formula is C18H16ClN5O2. The highest BCUT2D eigenvalue weighted by atomic mass is 35.5. The topological polar surface area (TPSA) is 74.3 Å². The first-order valence-electron chi connectivity index (χ1n) is 8.17. The van der Waals surface area contributed by atoms with Crippen molar-refractivity contribution in [1.82, 2.24) is 24.4 Å². The smallest absolute Gasteiger partial charge is 0.280 e. The molecule has 0 N–H and O–H groups in total. The van der Waals surface area contributed by atoms with E-state index in [0.717, 1.165) is 17.5 Å². The number of aromatic nitrogens is 5. The van der Waals surface area contributed by atoms with Crippen molar-refractivity contribution in [3.05, 3.63) is 58.1 Å². The van der Waals surface area contributed by atoms with E-state index in [4.69, 9.17) is 16.3 Å². The summed E-state index contributed by atoms with van der Waals surface area (Å²) in [7, 11) is 1.64. The molecule has 132 valence electrons. The van der Waals surface area contributed by atoms with Gasteiger partial charge in [0.25, 0.3) is 5.56 Å². The standard InChI is InChI=1S/C18H16ClN5O2/c1-26-10-2-8-23-9-7-15-16(18(23)25)21-22-17-14(11-20-24(15)17)12-3-5-13(19)6-4-12/h3-7,9,11H,2,8,10H2,1H3. The minimum Gasteiger partial charge on any atom is -0.385 e. The largest absolute Gasteiger partial charge is 0.385 e. The molecule has 7 nitrogen and oxygen atoms in total. The molecule has 1 aromatic carbocycles. The lowest BCUT2D eigenvalue weighted by Gasteiger charge is -2.07. The third-order valence-electron chi connectivity index (χ3n) is 4.24. The second kappa shape index (κ2) is 6.86. The molecule has 0 saturated heterocycles. The molecular weight excluding hydrogens is 354 g/mol. The van der Waals surface area contributed by atoms with Gasteiger partial charge in [-0.2, -0.15) is 5.10 Å². The fourth-order valence-electron chi connectivity index (χ4n) is 2.92. The van der Waals surface area contributed by atoms with Crippen molar-refractivity contribution in [2.75, 3.05) is 13.7 Å². The predicted octanol–water partition coefficient (Wildman–Crippen LogP) is 2.80. The Labute approximate surface area is 153 Å². The van der Waals surface area contributed by atoms with E-state index in [-0.39, 0.29) is 5.56 Å². The van der Waals surface area contributed by atoms with Crippen molar-refractivity contribution < 1.29 is 4.74 Å². The summed E-state index contributed by atoms with van der Waals surface area (Å²) in [4.78, 5) is 12.6. The molecule has 3 heterocycles. The number of hydrogen-bond donors (Lipinski definition) is 0. The van der Waals surface area contributed by atoms with Crippen LogP contribution in [0, 0.1) is 0 Å². The van der Waals surface area contributed by atoms with Crippen molar-refractivity contribution in [2.24, 2.45) is 0 Å². The van der Waals surface area contributed by atoms with Crippen LogP contribution in [0.5, 0.6) is 0 Å². The maximum Gasteiger partial charge on any atom is 0.280 e. The molecule has 0 aliphatic carbocycles. The monoisotopic (exact) mass is 369 g/mol. The van der Waals surface area contributed by atoms with Crippen LogP contribution in [0.4, 0.5) is 0 Å². The second-order valence-electron chi connectivity index (χ2n) is 5.90. The molecule has 0 aliphatic heterocycles. The number of ether oxygens (including phenoxy) is 1. The fourth-order valence-corrected chi connectivity index (χ4v) is 3.04. The molecule has 4 aromatic rings. The van der Waals surface area contributed by atoms with E-state index in [1.807, 2.05) is 30.3 Å². The molecule has 0 aliphatic rings. The van der Waals surface area contributed by atoms with Gasteiger partial charge >= 0.3 is 0 Å². The highest BCUT2D eigenvalue weighted by molar-refractivity contribution is 6.30. The van der Waals surface area contributed by atoms with Crippen molar-refractivity contribution >= 4 is 28.3 Å². The van der Waals surface area contributed by atoms with Crippen molar-refractivity contribution in [3.8, 4) is 11.1 Å². The lowest BCUT2D eigenvalue weighted by atomic mass is 10.1. The molecule has 0 bridgehead atoms. The Morgan fingerprint density at radius 3 is 2.73 bits per heavy atom. The zero-order valence-electron chi connectivity index (χ0n) is 14.1. The number of nitrogens with zero attached hydrogens (tertiary/aromatic N) is 5. The lowest BCUT2D eigenvalue weighted by molar-refractivity contribution is 0.190. The Kier molecular flexibility index (Phi) is 4.40. The van der Waals surface area contributed by atoms with E-state index < -0.39 is 0 Å². The van der Waals surface area contributed by atoms with Crippen molar-refractivity contribution in [3.63, 3.8) is 0 Å². The summed E-state index contributed by atoms with van der Waals surface area (Å²) in [6.07, 6.45) is 4.22. The molecule has 4 rings (SSSR count). The predicted molar refractivity (Wildman–Crippen MR) is 99.5 cm³/mol. The van der Waals surface area contributed by atoms with Crippen LogP contribution in [-0.2, 0) is 11.3 Å². The highest BCUT2D eigenvalue weighted by Crippen LogP contribution is 2.25. The Bertz CT molecular complexity index is 1130. The van der Waals surface area contributed by atoms with Crippen LogP contribution in [0.3, 0.4) is 0 Å². The van der Waals surface area contributed by atoms with Gasteiger partial charge in [0.05, 0.1) is 6.20 Å². The number of aryl methyl sites for hydroxylation is 1. The Morgan fingerprint density at radius 1 is 1.15 bits per heavy atom. The van der Waals surface area contributed by atoms with E-state index >= 15 is 0 Å². The van der Waals surface area contributed by atoms with Crippen LogP contribution >= 0.6 is 11.6 Å².